The first-order valence-electron chi connectivity index (χ1n) is 5.31. The second kappa shape index (κ2) is 6.02. The molecular formula is C10H16F3N3O. The Labute approximate surface area is 97.8 Å². The molecule has 0 aliphatic rings. The van der Waals surface area contributed by atoms with Gasteiger partial charge in [-0.3, -0.25) is 4.68 Å². The number of nitrogens with one attached hydrogen (secondary N) is 1. The van der Waals surface area contributed by atoms with Crippen molar-refractivity contribution in [3.8, 4) is 0 Å². The maximum atomic E-state index is 12.4. The fraction of sp³-hybridized carbons (Fsp3) is 0.700. The van der Waals surface area contributed by atoms with Crippen molar-refractivity contribution in [2.75, 3.05) is 26.8 Å². The van der Waals surface area contributed by atoms with E-state index in [2.05, 4.69) is 10.4 Å². The standard InChI is InChI=1S/C10H16F3N3O/c1-3-14-6-8(7-17-2)16-5-4-9(15-16)10(11,12)13/h4-5,8,14H,3,6-7H2,1-2H3. The van der Waals surface area contributed by atoms with Gasteiger partial charge in [-0.05, 0) is 12.6 Å². The molecule has 0 aromatic carbocycles. The predicted molar refractivity (Wildman–Crippen MR) is 56.7 cm³/mol. The second-order valence-electron chi connectivity index (χ2n) is 3.60. The summed E-state index contributed by atoms with van der Waals surface area (Å²) in [7, 11) is 1.51. The number of nitrogens with zero attached hydrogens (tertiary/aromatic N) is 2. The Morgan fingerprint density at radius 2 is 2.24 bits per heavy atom. The van der Waals surface area contributed by atoms with E-state index >= 15 is 0 Å². The molecule has 7 heteroatoms. The summed E-state index contributed by atoms with van der Waals surface area (Å²) in [6, 6.07) is 0.727. The monoisotopic (exact) mass is 251 g/mol. The van der Waals surface area contributed by atoms with Crippen LogP contribution in [0.1, 0.15) is 18.7 Å². The van der Waals surface area contributed by atoms with Crippen molar-refractivity contribution >= 4 is 0 Å². The summed E-state index contributed by atoms with van der Waals surface area (Å²) < 4.78 is 43.4. The summed E-state index contributed by atoms with van der Waals surface area (Å²) in [4.78, 5) is 0. The molecule has 1 rings (SSSR count). The molecule has 1 unspecified atom stereocenters. The predicted octanol–water partition coefficient (Wildman–Crippen LogP) is 1.70. The van der Waals surface area contributed by atoms with Crippen LogP contribution in [0.25, 0.3) is 0 Å². The van der Waals surface area contributed by atoms with Gasteiger partial charge in [-0.2, -0.15) is 18.3 Å². The number of methoxy groups -OCH3 is 1. The van der Waals surface area contributed by atoms with Crippen LogP contribution < -0.4 is 5.32 Å². The topological polar surface area (TPSA) is 39.1 Å². The molecule has 98 valence electrons. The minimum Gasteiger partial charge on any atom is -0.382 e. The lowest BCUT2D eigenvalue weighted by atomic mass is 10.3. The maximum absolute atomic E-state index is 12.4. The van der Waals surface area contributed by atoms with Crippen LogP contribution in [0.5, 0.6) is 0 Å². The first-order valence-corrected chi connectivity index (χ1v) is 5.31. The van der Waals surface area contributed by atoms with Gasteiger partial charge in [0.25, 0.3) is 0 Å². The molecule has 4 nitrogen and oxygen atoms in total. The lowest BCUT2D eigenvalue weighted by molar-refractivity contribution is -0.141. The van der Waals surface area contributed by atoms with Crippen LogP contribution in [0.4, 0.5) is 13.2 Å². The minimum absolute atomic E-state index is 0.240. The van der Waals surface area contributed by atoms with Gasteiger partial charge in [-0.1, -0.05) is 6.92 Å². The quantitative estimate of drug-likeness (QED) is 0.836. The zero-order chi connectivity index (χ0) is 12.9. The van der Waals surface area contributed by atoms with Crippen LogP contribution in [-0.4, -0.2) is 36.6 Å². The molecule has 0 saturated carbocycles. The fourth-order valence-corrected chi connectivity index (χ4v) is 1.42. The molecule has 1 aromatic rings. The van der Waals surface area contributed by atoms with Gasteiger partial charge in [0.2, 0.25) is 0 Å². The number of rotatable bonds is 6. The highest BCUT2D eigenvalue weighted by Crippen LogP contribution is 2.27. The molecular weight excluding hydrogens is 235 g/mol. The average Bonchev–Trinajstić information content (AvgIpc) is 2.72. The number of hydrogen-bond acceptors (Lipinski definition) is 3. The van der Waals surface area contributed by atoms with Crippen molar-refractivity contribution in [3.05, 3.63) is 18.0 Å². The summed E-state index contributed by atoms with van der Waals surface area (Å²) in [5, 5.41) is 6.58. The van der Waals surface area contributed by atoms with E-state index in [1.807, 2.05) is 6.92 Å². The van der Waals surface area contributed by atoms with Gasteiger partial charge in [0.05, 0.1) is 12.6 Å². The Morgan fingerprint density at radius 3 is 2.71 bits per heavy atom. The van der Waals surface area contributed by atoms with Crippen LogP contribution in [0.15, 0.2) is 12.3 Å². The molecule has 0 saturated heterocycles. The number of hydrogen-bond donors (Lipinski definition) is 1. The summed E-state index contributed by atoms with van der Waals surface area (Å²) in [6.45, 7) is 3.50. The van der Waals surface area contributed by atoms with Crippen molar-refractivity contribution in [3.63, 3.8) is 0 Å². The number of likely N-dealkylation sites (N-methyl/N-ethyl adjacent to an activating group) is 1. The van der Waals surface area contributed by atoms with E-state index < -0.39 is 11.9 Å². The lowest BCUT2D eigenvalue weighted by Gasteiger charge is -2.17. The van der Waals surface area contributed by atoms with Gasteiger partial charge in [-0.15, -0.1) is 0 Å². The van der Waals surface area contributed by atoms with E-state index in [1.165, 1.54) is 18.0 Å². The summed E-state index contributed by atoms with van der Waals surface area (Å²) in [6.07, 6.45) is -3.08. The molecule has 0 fully saturated rings. The Morgan fingerprint density at radius 1 is 1.53 bits per heavy atom. The van der Waals surface area contributed by atoms with Gasteiger partial charge in [0.1, 0.15) is 0 Å². The highest BCUT2D eigenvalue weighted by Gasteiger charge is 2.34. The van der Waals surface area contributed by atoms with Gasteiger partial charge in [-0.25, -0.2) is 0 Å². The SMILES string of the molecule is CCNCC(COC)n1ccc(C(F)(F)F)n1. The van der Waals surface area contributed by atoms with E-state index in [-0.39, 0.29) is 6.04 Å². The lowest BCUT2D eigenvalue weighted by Crippen LogP contribution is -2.29. The fourth-order valence-electron chi connectivity index (χ4n) is 1.42. The third kappa shape index (κ3) is 4.01. The van der Waals surface area contributed by atoms with Crippen LogP contribution in [0.3, 0.4) is 0 Å². The Bertz CT molecular complexity index is 338. The van der Waals surface area contributed by atoms with E-state index in [0.29, 0.717) is 13.2 Å². The third-order valence-corrected chi connectivity index (χ3v) is 2.26. The van der Waals surface area contributed by atoms with Crippen molar-refractivity contribution < 1.29 is 17.9 Å². The van der Waals surface area contributed by atoms with Crippen LogP contribution in [0, 0.1) is 0 Å². The smallest absolute Gasteiger partial charge is 0.382 e. The number of aromatic nitrogens is 2. The molecule has 1 atom stereocenters. The molecule has 1 N–H and O–H groups in total. The first kappa shape index (κ1) is 14.0. The van der Waals surface area contributed by atoms with Crippen LogP contribution >= 0.6 is 0 Å². The molecule has 0 aliphatic heterocycles. The van der Waals surface area contributed by atoms with Gasteiger partial charge in [0.15, 0.2) is 5.69 Å². The summed E-state index contributed by atoms with van der Waals surface area (Å²) >= 11 is 0. The van der Waals surface area contributed by atoms with Crippen molar-refractivity contribution in [1.29, 1.82) is 0 Å². The van der Waals surface area contributed by atoms with Crippen LogP contribution in [0.2, 0.25) is 0 Å². The molecule has 0 bridgehead atoms. The van der Waals surface area contributed by atoms with E-state index in [0.717, 1.165) is 12.6 Å². The van der Waals surface area contributed by atoms with Gasteiger partial charge in [0, 0.05) is 19.9 Å². The van der Waals surface area contributed by atoms with Gasteiger partial charge < -0.3 is 10.1 Å². The highest BCUT2D eigenvalue weighted by molar-refractivity contribution is 5.04. The minimum atomic E-state index is -4.40. The average molecular weight is 251 g/mol. The van der Waals surface area contributed by atoms with E-state index in [1.54, 1.807) is 0 Å². The highest BCUT2D eigenvalue weighted by atomic mass is 19.4. The second-order valence-corrected chi connectivity index (χ2v) is 3.60. The largest absolute Gasteiger partial charge is 0.435 e. The zero-order valence-electron chi connectivity index (χ0n) is 9.79. The number of ether oxygens (including phenoxy) is 1. The Balaban J connectivity index is 2.76. The molecule has 1 heterocycles. The molecule has 0 amide bonds. The summed E-state index contributed by atoms with van der Waals surface area (Å²) in [5.41, 5.74) is -0.880. The van der Waals surface area contributed by atoms with E-state index in [9.17, 15) is 13.2 Å². The zero-order valence-corrected chi connectivity index (χ0v) is 9.79. The third-order valence-electron chi connectivity index (χ3n) is 2.26. The Kier molecular flexibility index (Phi) is 4.95. The number of halogens is 3. The summed E-state index contributed by atoms with van der Waals surface area (Å²) in [5.74, 6) is 0. The van der Waals surface area contributed by atoms with Crippen molar-refractivity contribution in [2.24, 2.45) is 0 Å². The number of alkyl halides is 3. The van der Waals surface area contributed by atoms with Crippen LogP contribution in [-0.2, 0) is 10.9 Å². The molecule has 17 heavy (non-hydrogen) atoms. The maximum Gasteiger partial charge on any atom is 0.435 e. The first-order chi connectivity index (χ1) is 7.99. The van der Waals surface area contributed by atoms with Gasteiger partial charge >= 0.3 is 6.18 Å². The van der Waals surface area contributed by atoms with Crippen molar-refractivity contribution in [1.82, 2.24) is 15.1 Å². The normalized spacial score (nSPS) is 13.9. The Hall–Kier alpha value is -1.08. The van der Waals surface area contributed by atoms with Crippen molar-refractivity contribution in [2.45, 2.75) is 19.1 Å². The van der Waals surface area contributed by atoms with E-state index in [4.69, 9.17) is 4.74 Å². The molecule has 0 spiro atoms. The molecule has 1 aromatic heterocycles. The molecule has 0 radical (unpaired) electrons. The molecule has 0 aliphatic carbocycles.